The third kappa shape index (κ3) is 5.89. The molecular weight excluding hydrogens is 176 g/mol. The van der Waals surface area contributed by atoms with E-state index in [1.165, 1.54) is 23.9 Å². The largest absolute Gasteiger partial charge is 0.201 e. The molecule has 0 radical (unpaired) electrons. The lowest BCUT2D eigenvalue weighted by Gasteiger charge is -2.08. The zero-order valence-electron chi connectivity index (χ0n) is 6.19. The average molecular weight is 186 g/mol. The Kier molecular flexibility index (Phi) is 7.21. The van der Waals surface area contributed by atoms with E-state index < -0.39 is 0 Å². The van der Waals surface area contributed by atoms with Crippen molar-refractivity contribution in [3.8, 4) is 6.19 Å². The number of hydrogen-bond acceptors (Lipinski definition) is 4. The zero-order chi connectivity index (χ0) is 8.53. The van der Waals surface area contributed by atoms with Crippen LogP contribution in [0, 0.1) is 11.5 Å². The van der Waals surface area contributed by atoms with Gasteiger partial charge < -0.3 is 0 Å². The minimum atomic E-state index is 0.762. The van der Waals surface area contributed by atoms with E-state index in [0.717, 1.165) is 11.5 Å². The molecule has 0 aliphatic rings. The van der Waals surface area contributed by atoms with E-state index >= 15 is 0 Å². The predicted octanol–water partition coefficient (Wildman–Crippen LogP) is 2.44. The van der Waals surface area contributed by atoms with Gasteiger partial charge in [-0.05, 0) is 23.9 Å². The molecule has 4 heteroatoms. The number of nitriles is 1. The first-order valence-corrected chi connectivity index (χ1v) is 4.91. The van der Waals surface area contributed by atoms with Crippen LogP contribution in [0.2, 0.25) is 0 Å². The highest BCUT2D eigenvalue weighted by atomic mass is 32.2. The molecule has 0 rings (SSSR count). The Morgan fingerprint density at radius 1 is 1.27 bits per heavy atom. The molecule has 60 valence electrons. The van der Waals surface area contributed by atoms with Gasteiger partial charge in [-0.25, -0.2) is 0 Å². The lowest BCUT2D eigenvalue weighted by Crippen LogP contribution is -1.97. The quantitative estimate of drug-likeness (QED) is 0.275. The van der Waals surface area contributed by atoms with E-state index in [9.17, 15) is 0 Å². The van der Waals surface area contributed by atoms with Crippen LogP contribution in [-0.2, 0) is 0 Å². The second-order valence-electron chi connectivity index (χ2n) is 1.53. The summed E-state index contributed by atoms with van der Waals surface area (Å²) in [5.41, 5.74) is 0. The van der Waals surface area contributed by atoms with Gasteiger partial charge in [0.1, 0.15) is 0 Å². The van der Waals surface area contributed by atoms with Gasteiger partial charge in [-0.1, -0.05) is 12.2 Å². The maximum atomic E-state index is 8.54. The molecule has 0 atom stereocenters. The monoisotopic (exact) mass is 186 g/mol. The van der Waals surface area contributed by atoms with Crippen LogP contribution < -0.4 is 0 Å². The molecule has 0 heterocycles. The van der Waals surface area contributed by atoms with Crippen molar-refractivity contribution in [2.75, 3.05) is 11.5 Å². The van der Waals surface area contributed by atoms with Crippen molar-refractivity contribution in [2.24, 2.45) is 0 Å². The second kappa shape index (κ2) is 7.58. The fraction of sp³-hybridized carbons (Fsp3) is 0.286. The molecular formula is C7H10N2S2. The molecule has 0 bridgehead atoms. The maximum absolute atomic E-state index is 8.54. The molecule has 0 spiro atoms. The van der Waals surface area contributed by atoms with Gasteiger partial charge in [-0.2, -0.15) is 8.97 Å². The first kappa shape index (κ1) is 10.5. The Balaban J connectivity index is 3.50. The van der Waals surface area contributed by atoms with Gasteiger partial charge in [0.2, 0.25) is 6.19 Å². The fourth-order valence-corrected chi connectivity index (χ4v) is 1.60. The van der Waals surface area contributed by atoms with Crippen LogP contribution in [0.25, 0.3) is 0 Å². The highest BCUT2D eigenvalue weighted by Gasteiger charge is 1.98. The van der Waals surface area contributed by atoms with E-state index in [1.54, 1.807) is 15.9 Å². The van der Waals surface area contributed by atoms with Crippen molar-refractivity contribution in [1.29, 1.82) is 5.26 Å². The summed E-state index contributed by atoms with van der Waals surface area (Å²) in [5.74, 6) is 1.52. The van der Waals surface area contributed by atoms with Crippen LogP contribution >= 0.6 is 23.9 Å². The molecule has 0 saturated heterocycles. The van der Waals surface area contributed by atoms with Gasteiger partial charge in [-0.3, -0.25) is 0 Å². The van der Waals surface area contributed by atoms with E-state index in [0.29, 0.717) is 0 Å². The van der Waals surface area contributed by atoms with Crippen LogP contribution in [0.15, 0.2) is 25.3 Å². The molecule has 0 aromatic rings. The molecule has 0 amide bonds. The smallest absolute Gasteiger partial charge is 0.193 e. The van der Waals surface area contributed by atoms with Gasteiger partial charge in [0.05, 0.1) is 0 Å². The van der Waals surface area contributed by atoms with Crippen molar-refractivity contribution >= 4 is 23.9 Å². The summed E-state index contributed by atoms with van der Waals surface area (Å²) < 4.78 is 1.55. The Bertz CT molecular complexity index is 150. The fourth-order valence-electron chi connectivity index (χ4n) is 0.336. The summed E-state index contributed by atoms with van der Waals surface area (Å²) in [6, 6.07) is 0. The van der Waals surface area contributed by atoms with E-state index in [2.05, 4.69) is 13.2 Å². The van der Waals surface area contributed by atoms with Crippen LogP contribution in [0.4, 0.5) is 0 Å². The highest BCUT2D eigenvalue weighted by Crippen LogP contribution is 2.19. The standard InChI is InChI=1S/C7H10N2S2/c1-3-5-10-9(7-8)11-6-4-2/h3-4H,1-2,5-6H2. The van der Waals surface area contributed by atoms with Crippen molar-refractivity contribution in [3.63, 3.8) is 0 Å². The summed E-state index contributed by atoms with van der Waals surface area (Å²) in [6.07, 6.45) is 5.57. The maximum Gasteiger partial charge on any atom is 0.201 e. The van der Waals surface area contributed by atoms with Crippen molar-refractivity contribution in [1.82, 2.24) is 3.71 Å². The minimum absolute atomic E-state index is 0.762. The highest BCUT2D eigenvalue weighted by molar-refractivity contribution is 8.12. The Morgan fingerprint density at radius 3 is 2.00 bits per heavy atom. The van der Waals surface area contributed by atoms with Gasteiger partial charge in [0.15, 0.2) is 0 Å². The first-order valence-electron chi connectivity index (χ1n) is 3.02. The lowest BCUT2D eigenvalue weighted by atomic mass is 10.8. The summed E-state index contributed by atoms with van der Waals surface area (Å²) in [6.45, 7) is 7.12. The molecule has 0 aliphatic heterocycles. The van der Waals surface area contributed by atoms with Crippen molar-refractivity contribution in [3.05, 3.63) is 25.3 Å². The third-order valence-corrected chi connectivity index (χ3v) is 2.74. The van der Waals surface area contributed by atoms with E-state index in [-0.39, 0.29) is 0 Å². The van der Waals surface area contributed by atoms with Gasteiger partial charge >= 0.3 is 0 Å². The summed E-state index contributed by atoms with van der Waals surface area (Å²) in [4.78, 5) is 0. The molecule has 2 nitrogen and oxygen atoms in total. The average Bonchev–Trinajstić information content (AvgIpc) is 2.05. The SMILES string of the molecule is C=CCSN(C#N)SCC=C. The van der Waals surface area contributed by atoms with E-state index in [4.69, 9.17) is 5.26 Å². The molecule has 0 saturated carbocycles. The Hall–Kier alpha value is -0.530. The van der Waals surface area contributed by atoms with Crippen LogP contribution in [-0.4, -0.2) is 15.2 Å². The summed E-state index contributed by atoms with van der Waals surface area (Å²) in [7, 11) is 0. The van der Waals surface area contributed by atoms with Crippen LogP contribution in [0.1, 0.15) is 0 Å². The zero-order valence-corrected chi connectivity index (χ0v) is 7.83. The van der Waals surface area contributed by atoms with Crippen molar-refractivity contribution in [2.45, 2.75) is 0 Å². The van der Waals surface area contributed by atoms with Crippen LogP contribution in [0.3, 0.4) is 0 Å². The predicted molar refractivity (Wildman–Crippen MR) is 52.8 cm³/mol. The minimum Gasteiger partial charge on any atom is -0.193 e. The lowest BCUT2D eigenvalue weighted by molar-refractivity contribution is 1.06. The topological polar surface area (TPSA) is 27.0 Å². The van der Waals surface area contributed by atoms with Gasteiger partial charge in [-0.15, -0.1) is 13.2 Å². The molecule has 0 aliphatic carbocycles. The second-order valence-corrected chi connectivity index (χ2v) is 3.67. The molecule has 11 heavy (non-hydrogen) atoms. The summed E-state index contributed by atoms with van der Waals surface area (Å²) in [5, 5.41) is 8.54. The molecule has 0 aromatic heterocycles. The first-order chi connectivity index (χ1) is 5.35. The Labute approximate surface area is 76.2 Å². The molecule has 0 N–H and O–H groups in total. The van der Waals surface area contributed by atoms with Crippen LogP contribution in [0.5, 0.6) is 0 Å². The number of nitrogens with zero attached hydrogens (tertiary/aromatic N) is 2. The molecule has 0 fully saturated rings. The van der Waals surface area contributed by atoms with E-state index in [1.807, 2.05) is 6.19 Å². The number of hydrogen-bond donors (Lipinski definition) is 0. The van der Waals surface area contributed by atoms with Gasteiger partial charge in [0, 0.05) is 11.5 Å². The molecule has 0 aromatic carbocycles. The summed E-state index contributed by atoms with van der Waals surface area (Å²) >= 11 is 2.86. The molecule has 0 unspecified atom stereocenters. The normalized spacial score (nSPS) is 8.27. The Morgan fingerprint density at radius 2 is 1.73 bits per heavy atom. The van der Waals surface area contributed by atoms with Gasteiger partial charge in [0.25, 0.3) is 0 Å². The number of rotatable bonds is 6. The third-order valence-electron chi connectivity index (χ3n) is 0.701. The van der Waals surface area contributed by atoms with Crippen molar-refractivity contribution < 1.29 is 0 Å².